The van der Waals surface area contributed by atoms with Crippen molar-refractivity contribution in [1.82, 2.24) is 4.98 Å². The number of thiophene rings is 1. The fourth-order valence-electron chi connectivity index (χ4n) is 4.31. The van der Waals surface area contributed by atoms with Crippen LogP contribution in [0.15, 0.2) is 18.2 Å². The third kappa shape index (κ3) is 4.19. The molecule has 10 heteroatoms. The molecule has 176 valence electrons. The average molecular weight is 480 g/mol. The molecule has 1 amide bonds. The van der Waals surface area contributed by atoms with Crippen LogP contribution in [0.3, 0.4) is 0 Å². The number of nitrogen functional groups attached to an aromatic ring is 1. The van der Waals surface area contributed by atoms with E-state index in [9.17, 15) is 18.0 Å². The summed E-state index contributed by atoms with van der Waals surface area (Å²) in [4.78, 5) is 17.6. The van der Waals surface area contributed by atoms with E-state index in [-0.39, 0.29) is 32.3 Å². The molecule has 6 nitrogen and oxygen atoms in total. The standard InChI is InChI=1S/C23H24F3N3O3S/c1-4-11-5-7-14-13(9-11)18(23(24,25)26)17-19(27)20(33-22(17)29-14)21(30)28-15-8-6-12(31-2)10-16(15)32-3/h6,8,10-11H,4-5,7,9,27H2,1-3H3,(H,28,30)/t11-/m1/s1. The number of rotatable bonds is 5. The number of alkyl halides is 3. The highest BCUT2D eigenvalue weighted by molar-refractivity contribution is 7.21. The van der Waals surface area contributed by atoms with Crippen molar-refractivity contribution in [1.29, 1.82) is 0 Å². The number of aryl methyl sites for hydroxylation is 1. The van der Waals surface area contributed by atoms with Crippen molar-refractivity contribution < 1.29 is 27.4 Å². The number of aromatic nitrogens is 1. The Morgan fingerprint density at radius 3 is 2.70 bits per heavy atom. The first-order valence-electron chi connectivity index (χ1n) is 10.5. The highest BCUT2D eigenvalue weighted by atomic mass is 32.1. The number of hydrogen-bond donors (Lipinski definition) is 2. The third-order valence-electron chi connectivity index (χ3n) is 6.07. The molecule has 1 aliphatic rings. The van der Waals surface area contributed by atoms with Crippen LogP contribution in [0, 0.1) is 5.92 Å². The van der Waals surface area contributed by atoms with Gasteiger partial charge in [-0.25, -0.2) is 4.98 Å². The van der Waals surface area contributed by atoms with Gasteiger partial charge in [0.2, 0.25) is 0 Å². The molecule has 3 N–H and O–H groups in total. The molecule has 0 unspecified atom stereocenters. The van der Waals surface area contributed by atoms with Gasteiger partial charge in [-0.05, 0) is 42.9 Å². The van der Waals surface area contributed by atoms with Crippen LogP contribution in [0.1, 0.15) is 46.3 Å². The fraction of sp³-hybridized carbons (Fsp3) is 0.391. The molecular formula is C23H24F3N3O3S. The molecule has 1 atom stereocenters. The Morgan fingerprint density at radius 2 is 2.06 bits per heavy atom. The second kappa shape index (κ2) is 8.74. The van der Waals surface area contributed by atoms with E-state index in [4.69, 9.17) is 15.2 Å². The Labute approximate surface area is 192 Å². The van der Waals surface area contributed by atoms with E-state index in [1.807, 2.05) is 6.92 Å². The summed E-state index contributed by atoms with van der Waals surface area (Å²) in [5.74, 6) is 0.415. The number of nitrogens with zero attached hydrogens (tertiary/aromatic N) is 1. The Bertz CT molecular complexity index is 1220. The Hall–Kier alpha value is -3.01. The summed E-state index contributed by atoms with van der Waals surface area (Å²) in [6.07, 6.45) is -2.22. The van der Waals surface area contributed by atoms with Gasteiger partial charge < -0.3 is 20.5 Å². The summed E-state index contributed by atoms with van der Waals surface area (Å²) in [5.41, 5.74) is 6.20. The van der Waals surface area contributed by atoms with Crippen molar-refractivity contribution in [3.05, 3.63) is 39.9 Å². The van der Waals surface area contributed by atoms with Crippen LogP contribution in [0.4, 0.5) is 24.5 Å². The predicted molar refractivity (Wildman–Crippen MR) is 122 cm³/mol. The lowest BCUT2D eigenvalue weighted by Crippen LogP contribution is -2.21. The van der Waals surface area contributed by atoms with Crippen molar-refractivity contribution >= 4 is 38.8 Å². The number of carbonyl (C=O) groups is 1. The molecule has 1 aliphatic carbocycles. The summed E-state index contributed by atoms with van der Waals surface area (Å²) in [7, 11) is 2.93. The number of pyridine rings is 1. The summed E-state index contributed by atoms with van der Waals surface area (Å²) in [6.45, 7) is 1.98. The molecule has 0 radical (unpaired) electrons. The van der Waals surface area contributed by atoms with E-state index in [0.717, 1.165) is 24.2 Å². The highest BCUT2D eigenvalue weighted by Crippen LogP contribution is 2.46. The molecule has 0 spiro atoms. The van der Waals surface area contributed by atoms with Crippen molar-refractivity contribution in [2.24, 2.45) is 5.92 Å². The van der Waals surface area contributed by atoms with Crippen molar-refractivity contribution in [2.75, 3.05) is 25.3 Å². The number of benzene rings is 1. The number of methoxy groups -OCH3 is 2. The van der Waals surface area contributed by atoms with Crippen LogP contribution >= 0.6 is 11.3 Å². The molecular weight excluding hydrogens is 455 g/mol. The van der Waals surface area contributed by atoms with Crippen LogP contribution in [0.2, 0.25) is 0 Å². The summed E-state index contributed by atoms with van der Waals surface area (Å²) in [6, 6.07) is 4.81. The van der Waals surface area contributed by atoms with E-state index in [1.165, 1.54) is 14.2 Å². The molecule has 2 heterocycles. The van der Waals surface area contributed by atoms with E-state index < -0.39 is 17.6 Å². The minimum absolute atomic E-state index is 0.0183. The van der Waals surface area contributed by atoms with Crippen LogP contribution < -0.4 is 20.5 Å². The number of nitrogens with one attached hydrogen (secondary N) is 1. The second-order valence-corrected chi connectivity index (χ2v) is 8.97. The zero-order chi connectivity index (χ0) is 23.9. The van der Waals surface area contributed by atoms with Crippen LogP contribution in [-0.2, 0) is 19.0 Å². The molecule has 33 heavy (non-hydrogen) atoms. The maximum Gasteiger partial charge on any atom is 0.417 e. The highest BCUT2D eigenvalue weighted by Gasteiger charge is 2.40. The molecule has 0 bridgehead atoms. The molecule has 1 aromatic carbocycles. The van der Waals surface area contributed by atoms with Crippen molar-refractivity contribution in [2.45, 2.75) is 38.8 Å². The second-order valence-electron chi connectivity index (χ2n) is 7.97. The Balaban J connectivity index is 1.81. The van der Waals surface area contributed by atoms with Gasteiger partial charge in [0.05, 0.1) is 31.2 Å². The topological polar surface area (TPSA) is 86.5 Å². The normalized spacial score (nSPS) is 15.9. The first-order chi connectivity index (χ1) is 15.7. The first-order valence-corrected chi connectivity index (χ1v) is 11.3. The van der Waals surface area contributed by atoms with Gasteiger partial charge >= 0.3 is 6.18 Å². The number of ether oxygens (including phenoxy) is 2. The van der Waals surface area contributed by atoms with Gasteiger partial charge in [0, 0.05) is 17.1 Å². The summed E-state index contributed by atoms with van der Waals surface area (Å²) in [5, 5.41) is 2.49. The molecule has 0 aliphatic heterocycles. The molecule has 2 aromatic heterocycles. The lowest BCUT2D eigenvalue weighted by Gasteiger charge is -2.26. The Kier molecular flexibility index (Phi) is 6.13. The summed E-state index contributed by atoms with van der Waals surface area (Å²) >= 11 is 0.868. The van der Waals surface area contributed by atoms with Gasteiger partial charge in [0.25, 0.3) is 5.91 Å². The van der Waals surface area contributed by atoms with Gasteiger partial charge in [0.15, 0.2) is 0 Å². The molecule has 0 saturated carbocycles. The number of fused-ring (bicyclic) bond motifs is 2. The largest absolute Gasteiger partial charge is 0.497 e. The van der Waals surface area contributed by atoms with E-state index in [1.54, 1.807) is 18.2 Å². The van der Waals surface area contributed by atoms with Gasteiger partial charge in [-0.3, -0.25) is 4.79 Å². The quantitative estimate of drug-likeness (QED) is 0.492. The number of carbonyl (C=O) groups excluding carboxylic acids is 1. The number of hydrogen-bond acceptors (Lipinski definition) is 6. The van der Waals surface area contributed by atoms with Gasteiger partial charge in [0.1, 0.15) is 21.2 Å². The molecule has 4 rings (SSSR count). The van der Waals surface area contributed by atoms with Crippen molar-refractivity contribution in [3.63, 3.8) is 0 Å². The van der Waals surface area contributed by atoms with Crippen LogP contribution in [0.25, 0.3) is 10.2 Å². The minimum atomic E-state index is -4.61. The zero-order valence-corrected chi connectivity index (χ0v) is 19.2. The van der Waals surface area contributed by atoms with Crippen LogP contribution in [-0.4, -0.2) is 25.1 Å². The molecule has 3 aromatic rings. The number of nitrogens with two attached hydrogens (primary N) is 1. The van der Waals surface area contributed by atoms with E-state index in [2.05, 4.69) is 10.3 Å². The summed E-state index contributed by atoms with van der Waals surface area (Å²) < 4.78 is 53.1. The fourth-order valence-corrected chi connectivity index (χ4v) is 5.33. The minimum Gasteiger partial charge on any atom is -0.497 e. The van der Waals surface area contributed by atoms with Crippen LogP contribution in [0.5, 0.6) is 11.5 Å². The predicted octanol–water partition coefficient (Wildman–Crippen LogP) is 5.68. The number of anilines is 2. The molecule has 0 fully saturated rings. The van der Waals surface area contributed by atoms with Crippen molar-refractivity contribution in [3.8, 4) is 11.5 Å². The monoisotopic (exact) mass is 479 g/mol. The maximum absolute atomic E-state index is 14.2. The SMILES string of the molecule is CC[C@@H]1CCc2nc3sc(C(=O)Nc4ccc(OC)cc4OC)c(N)c3c(C(F)(F)F)c2C1. The number of halogens is 3. The van der Waals surface area contributed by atoms with E-state index in [0.29, 0.717) is 35.7 Å². The first kappa shape index (κ1) is 23.2. The third-order valence-corrected chi connectivity index (χ3v) is 7.17. The van der Waals surface area contributed by atoms with E-state index >= 15 is 0 Å². The number of amides is 1. The lowest BCUT2D eigenvalue weighted by molar-refractivity contribution is -0.137. The Morgan fingerprint density at radius 1 is 1.30 bits per heavy atom. The lowest BCUT2D eigenvalue weighted by atomic mass is 9.82. The molecule has 0 saturated heterocycles. The van der Waals surface area contributed by atoms with Gasteiger partial charge in [-0.1, -0.05) is 13.3 Å². The van der Waals surface area contributed by atoms with Gasteiger partial charge in [-0.15, -0.1) is 11.3 Å². The smallest absolute Gasteiger partial charge is 0.417 e. The average Bonchev–Trinajstić information content (AvgIpc) is 3.12. The maximum atomic E-state index is 14.2. The van der Waals surface area contributed by atoms with Gasteiger partial charge in [-0.2, -0.15) is 13.2 Å². The zero-order valence-electron chi connectivity index (χ0n) is 18.4.